The number of nitrogen functional groups attached to an aromatic ring is 1. The Balaban J connectivity index is 0.000000181. The van der Waals surface area contributed by atoms with Crippen molar-refractivity contribution in [3.05, 3.63) is 52.1 Å². The Morgan fingerprint density at radius 2 is 1.71 bits per heavy atom. The number of rotatable bonds is 0. The summed E-state index contributed by atoms with van der Waals surface area (Å²) in [6.45, 7) is 5.99. The molecule has 1 heterocycles. The minimum atomic E-state index is 0.570. The van der Waals surface area contributed by atoms with Crippen LogP contribution in [0.4, 0.5) is 5.69 Å². The summed E-state index contributed by atoms with van der Waals surface area (Å²) >= 11 is 4.88. The molecule has 0 amide bonds. The maximum absolute atomic E-state index is 5.36. The van der Waals surface area contributed by atoms with Gasteiger partial charge in [0.15, 0.2) is 4.77 Å². The summed E-state index contributed by atoms with van der Waals surface area (Å²) in [5, 5.41) is 0. The van der Waals surface area contributed by atoms with Gasteiger partial charge in [0.2, 0.25) is 0 Å². The fourth-order valence-corrected chi connectivity index (χ4v) is 1.53. The van der Waals surface area contributed by atoms with E-state index in [4.69, 9.17) is 18.0 Å². The normalized spacial score (nSPS) is 9.35. The van der Waals surface area contributed by atoms with E-state index in [1.165, 1.54) is 5.56 Å². The van der Waals surface area contributed by atoms with Gasteiger partial charge in [0.05, 0.1) is 0 Å². The maximum Gasteiger partial charge on any atom is 0.197 e. The van der Waals surface area contributed by atoms with Gasteiger partial charge in [0.25, 0.3) is 0 Å². The lowest BCUT2D eigenvalue weighted by molar-refractivity contribution is 0.992. The van der Waals surface area contributed by atoms with Crippen molar-refractivity contribution < 1.29 is 0 Å². The molecular formula is C13H17N3S. The highest BCUT2D eigenvalue weighted by Crippen LogP contribution is 2.05. The fourth-order valence-electron chi connectivity index (χ4n) is 1.24. The number of hydrogen-bond acceptors (Lipinski definition) is 3. The standard InChI is InChI=1S/C7H10N2S.C6H7N/c1-4-5(2)8-7(10)9-6(4)3;7-6-4-2-1-3-5-6/h1-3H3,(H,8,9,10);1-5H,7H2. The van der Waals surface area contributed by atoms with E-state index < -0.39 is 0 Å². The Kier molecular flexibility index (Phi) is 4.84. The summed E-state index contributed by atoms with van der Waals surface area (Å²) in [6.07, 6.45) is 0. The molecule has 2 aromatic rings. The molecule has 0 fully saturated rings. The van der Waals surface area contributed by atoms with Crippen LogP contribution < -0.4 is 5.73 Å². The smallest absolute Gasteiger partial charge is 0.197 e. The fraction of sp³-hybridized carbons (Fsp3) is 0.231. The molecule has 1 aromatic heterocycles. The molecule has 1 aromatic carbocycles. The summed E-state index contributed by atoms with van der Waals surface area (Å²) < 4.78 is 0.570. The molecule has 0 saturated heterocycles. The number of aromatic amines is 1. The second kappa shape index (κ2) is 6.15. The Morgan fingerprint density at radius 3 is 2.12 bits per heavy atom. The van der Waals surface area contributed by atoms with Crippen LogP contribution in [0.3, 0.4) is 0 Å². The van der Waals surface area contributed by atoms with Crippen molar-refractivity contribution in [3.8, 4) is 0 Å². The number of para-hydroxylation sites is 1. The molecule has 0 atom stereocenters. The zero-order chi connectivity index (χ0) is 12.8. The summed E-state index contributed by atoms with van der Waals surface area (Å²) in [7, 11) is 0. The average Bonchev–Trinajstić information content (AvgIpc) is 2.27. The number of nitrogens with zero attached hydrogens (tertiary/aromatic N) is 1. The van der Waals surface area contributed by atoms with Crippen molar-refractivity contribution in [1.82, 2.24) is 9.97 Å². The van der Waals surface area contributed by atoms with Gasteiger partial charge in [0, 0.05) is 17.1 Å². The molecule has 0 saturated carbocycles. The minimum Gasteiger partial charge on any atom is -0.399 e. The van der Waals surface area contributed by atoms with Crippen molar-refractivity contribution >= 4 is 17.9 Å². The molecule has 0 radical (unpaired) electrons. The van der Waals surface area contributed by atoms with Crippen LogP contribution in [0, 0.1) is 25.5 Å². The second-order valence-corrected chi connectivity index (χ2v) is 4.17. The minimum absolute atomic E-state index is 0.570. The van der Waals surface area contributed by atoms with Gasteiger partial charge in [-0.3, -0.25) is 0 Å². The highest BCUT2D eigenvalue weighted by Gasteiger charge is 1.96. The van der Waals surface area contributed by atoms with E-state index >= 15 is 0 Å². The first-order valence-corrected chi connectivity index (χ1v) is 5.76. The Morgan fingerprint density at radius 1 is 1.12 bits per heavy atom. The highest BCUT2D eigenvalue weighted by molar-refractivity contribution is 7.71. The first kappa shape index (κ1) is 13.4. The van der Waals surface area contributed by atoms with E-state index in [2.05, 4.69) is 9.97 Å². The highest BCUT2D eigenvalue weighted by atomic mass is 32.1. The van der Waals surface area contributed by atoms with E-state index in [1.807, 2.05) is 51.1 Å². The lowest BCUT2D eigenvalue weighted by Crippen LogP contribution is -1.94. The van der Waals surface area contributed by atoms with Gasteiger partial charge in [0.1, 0.15) is 0 Å². The van der Waals surface area contributed by atoms with Gasteiger partial charge in [-0.15, -0.1) is 0 Å². The third-order valence-electron chi connectivity index (χ3n) is 2.47. The number of aromatic nitrogens is 2. The number of hydrogen-bond donors (Lipinski definition) is 2. The second-order valence-electron chi connectivity index (χ2n) is 3.79. The molecule has 17 heavy (non-hydrogen) atoms. The number of aryl methyl sites for hydroxylation is 2. The molecule has 90 valence electrons. The number of benzene rings is 1. The van der Waals surface area contributed by atoms with Gasteiger partial charge in [-0.25, -0.2) is 4.98 Å². The third-order valence-corrected chi connectivity index (χ3v) is 2.66. The third kappa shape index (κ3) is 4.36. The molecule has 0 aliphatic rings. The zero-order valence-electron chi connectivity index (χ0n) is 10.3. The van der Waals surface area contributed by atoms with Crippen molar-refractivity contribution in [2.75, 3.05) is 5.73 Å². The predicted molar refractivity (Wildman–Crippen MR) is 74.5 cm³/mol. The molecule has 3 nitrogen and oxygen atoms in total. The van der Waals surface area contributed by atoms with E-state index in [1.54, 1.807) is 0 Å². The van der Waals surface area contributed by atoms with Crippen LogP contribution in [-0.2, 0) is 0 Å². The van der Waals surface area contributed by atoms with Crippen LogP contribution >= 0.6 is 12.2 Å². The maximum atomic E-state index is 5.36. The van der Waals surface area contributed by atoms with Crippen LogP contribution in [0.2, 0.25) is 0 Å². The monoisotopic (exact) mass is 247 g/mol. The number of nitrogens with one attached hydrogen (secondary N) is 1. The number of H-pyrrole nitrogens is 1. The predicted octanol–water partition coefficient (Wildman–Crippen LogP) is 3.33. The van der Waals surface area contributed by atoms with Crippen LogP contribution in [0.1, 0.15) is 17.0 Å². The zero-order valence-corrected chi connectivity index (χ0v) is 11.1. The molecule has 2 rings (SSSR count). The van der Waals surface area contributed by atoms with Crippen molar-refractivity contribution in [2.24, 2.45) is 0 Å². The average molecular weight is 247 g/mol. The van der Waals surface area contributed by atoms with E-state index in [0.29, 0.717) is 4.77 Å². The first-order chi connectivity index (χ1) is 8.00. The van der Waals surface area contributed by atoms with Crippen molar-refractivity contribution in [3.63, 3.8) is 0 Å². The molecule has 0 aliphatic heterocycles. The summed E-state index contributed by atoms with van der Waals surface area (Å²) in [5.74, 6) is 0. The van der Waals surface area contributed by atoms with E-state index in [0.717, 1.165) is 17.1 Å². The summed E-state index contributed by atoms with van der Waals surface area (Å²) in [5.41, 5.74) is 9.49. The van der Waals surface area contributed by atoms with Crippen LogP contribution in [-0.4, -0.2) is 9.97 Å². The molecule has 3 N–H and O–H groups in total. The number of anilines is 1. The Hall–Kier alpha value is -1.68. The van der Waals surface area contributed by atoms with Crippen LogP contribution in [0.5, 0.6) is 0 Å². The SMILES string of the molecule is Cc1nc(=S)[nH]c(C)c1C.Nc1ccccc1. The largest absolute Gasteiger partial charge is 0.399 e. The van der Waals surface area contributed by atoms with Crippen molar-refractivity contribution in [1.29, 1.82) is 0 Å². The Bertz CT molecular complexity index is 506. The summed E-state index contributed by atoms with van der Waals surface area (Å²) in [4.78, 5) is 7.08. The van der Waals surface area contributed by atoms with Gasteiger partial charge in [-0.2, -0.15) is 0 Å². The van der Waals surface area contributed by atoms with Crippen LogP contribution in [0.25, 0.3) is 0 Å². The molecule has 0 bridgehead atoms. The lowest BCUT2D eigenvalue weighted by Gasteiger charge is -2.01. The van der Waals surface area contributed by atoms with Crippen molar-refractivity contribution in [2.45, 2.75) is 20.8 Å². The molecular weight excluding hydrogens is 230 g/mol. The molecule has 4 heteroatoms. The lowest BCUT2D eigenvalue weighted by atomic mass is 10.2. The summed E-state index contributed by atoms with van der Waals surface area (Å²) in [6, 6.07) is 9.49. The van der Waals surface area contributed by atoms with Gasteiger partial charge < -0.3 is 10.7 Å². The van der Waals surface area contributed by atoms with Gasteiger partial charge in [-0.1, -0.05) is 18.2 Å². The van der Waals surface area contributed by atoms with Gasteiger partial charge in [-0.05, 0) is 50.7 Å². The molecule has 0 spiro atoms. The number of nitrogens with two attached hydrogens (primary N) is 1. The topological polar surface area (TPSA) is 54.7 Å². The first-order valence-electron chi connectivity index (χ1n) is 5.35. The quantitative estimate of drug-likeness (QED) is 0.554. The van der Waals surface area contributed by atoms with Gasteiger partial charge >= 0.3 is 0 Å². The van der Waals surface area contributed by atoms with E-state index in [-0.39, 0.29) is 0 Å². The van der Waals surface area contributed by atoms with E-state index in [9.17, 15) is 0 Å². The van der Waals surface area contributed by atoms with Crippen LogP contribution in [0.15, 0.2) is 30.3 Å². The Labute approximate surface area is 107 Å². The molecule has 0 unspecified atom stereocenters. The molecule has 0 aliphatic carbocycles.